The van der Waals surface area contributed by atoms with Crippen molar-refractivity contribution < 1.29 is 0 Å². The van der Waals surface area contributed by atoms with Gasteiger partial charge in [-0.3, -0.25) is 4.98 Å². The molecule has 0 aliphatic carbocycles. The second-order valence-electron chi connectivity index (χ2n) is 10.5. The van der Waals surface area contributed by atoms with Crippen LogP contribution in [0.2, 0.25) is 0 Å². The van der Waals surface area contributed by atoms with Crippen molar-refractivity contribution in [2.24, 2.45) is 0 Å². The molecule has 0 N–H and O–H groups in total. The van der Waals surface area contributed by atoms with Crippen molar-refractivity contribution in [3.63, 3.8) is 0 Å². The summed E-state index contributed by atoms with van der Waals surface area (Å²) in [6, 6.07) is 50.7. The number of benzene rings is 6. The SMILES string of the molecule is c1ccc(-c2ccc(-c3nc4ccccc4nc3-c3cccc(-c4cccc5c4ccc4cccnc45)c3)cc2)cc1. The van der Waals surface area contributed by atoms with Crippen molar-refractivity contribution in [3.8, 4) is 44.8 Å². The predicted octanol–water partition coefficient (Wildman–Crippen LogP) is 10.00. The standard InChI is InChI=1S/C39H25N3/c1-2-9-26(10-3-1)27-18-20-29(21-19-27)38-39(42-36-17-5-4-16-35(36)41-38)31-12-6-11-30(25-31)32-14-7-15-34-33(32)23-22-28-13-8-24-40-37(28)34/h1-25H. The highest BCUT2D eigenvalue weighted by atomic mass is 14.8. The van der Waals surface area contributed by atoms with Gasteiger partial charge in [0.25, 0.3) is 0 Å². The molecular formula is C39H25N3. The van der Waals surface area contributed by atoms with Crippen LogP contribution >= 0.6 is 0 Å². The summed E-state index contributed by atoms with van der Waals surface area (Å²) >= 11 is 0. The van der Waals surface area contributed by atoms with Gasteiger partial charge < -0.3 is 0 Å². The topological polar surface area (TPSA) is 38.7 Å². The molecule has 2 heterocycles. The highest BCUT2D eigenvalue weighted by Crippen LogP contribution is 2.37. The second kappa shape index (κ2) is 10.1. The molecule has 3 nitrogen and oxygen atoms in total. The minimum atomic E-state index is 0.871. The molecule has 196 valence electrons. The molecule has 42 heavy (non-hydrogen) atoms. The maximum Gasteiger partial charge on any atom is 0.0973 e. The Morgan fingerprint density at radius 3 is 1.83 bits per heavy atom. The quantitative estimate of drug-likeness (QED) is 0.211. The average molecular weight is 536 g/mol. The van der Waals surface area contributed by atoms with Crippen LogP contribution in [-0.4, -0.2) is 15.0 Å². The Kier molecular flexibility index (Phi) is 5.79. The Balaban J connectivity index is 1.29. The third kappa shape index (κ3) is 4.20. The fourth-order valence-corrected chi connectivity index (χ4v) is 5.84. The summed E-state index contributed by atoms with van der Waals surface area (Å²) in [6.45, 7) is 0. The maximum atomic E-state index is 5.17. The van der Waals surface area contributed by atoms with Crippen LogP contribution < -0.4 is 0 Å². The van der Waals surface area contributed by atoms with Crippen molar-refractivity contribution in [1.82, 2.24) is 15.0 Å². The van der Waals surface area contributed by atoms with Gasteiger partial charge in [0.15, 0.2) is 0 Å². The summed E-state index contributed by atoms with van der Waals surface area (Å²) in [4.78, 5) is 15.0. The largest absolute Gasteiger partial charge is 0.256 e. The molecule has 3 heteroatoms. The number of fused-ring (bicyclic) bond motifs is 4. The van der Waals surface area contributed by atoms with E-state index >= 15 is 0 Å². The van der Waals surface area contributed by atoms with Crippen molar-refractivity contribution in [1.29, 1.82) is 0 Å². The van der Waals surface area contributed by atoms with Gasteiger partial charge in [-0.05, 0) is 51.9 Å². The van der Waals surface area contributed by atoms with Gasteiger partial charge in [-0.2, -0.15) is 0 Å². The second-order valence-corrected chi connectivity index (χ2v) is 10.5. The number of rotatable bonds is 4. The van der Waals surface area contributed by atoms with E-state index in [2.05, 4.69) is 109 Å². The lowest BCUT2D eigenvalue weighted by Gasteiger charge is -2.13. The molecule has 0 saturated carbocycles. The first-order valence-electron chi connectivity index (χ1n) is 14.1. The Bertz CT molecular complexity index is 2240. The zero-order valence-corrected chi connectivity index (χ0v) is 22.8. The van der Waals surface area contributed by atoms with Gasteiger partial charge in [0.2, 0.25) is 0 Å². The normalized spacial score (nSPS) is 11.3. The van der Waals surface area contributed by atoms with Crippen LogP contribution in [0.25, 0.3) is 77.5 Å². The molecule has 0 atom stereocenters. The molecular weight excluding hydrogens is 510 g/mol. The van der Waals surface area contributed by atoms with E-state index in [0.717, 1.165) is 55.4 Å². The first-order chi connectivity index (χ1) is 20.8. The zero-order valence-electron chi connectivity index (χ0n) is 22.8. The summed E-state index contributed by atoms with van der Waals surface area (Å²) in [5.41, 5.74) is 11.3. The fraction of sp³-hybridized carbons (Fsp3) is 0. The third-order valence-electron chi connectivity index (χ3n) is 7.91. The van der Waals surface area contributed by atoms with E-state index in [0.29, 0.717) is 0 Å². The van der Waals surface area contributed by atoms with Gasteiger partial charge in [0.1, 0.15) is 0 Å². The van der Waals surface area contributed by atoms with E-state index in [1.54, 1.807) is 0 Å². The molecule has 0 bridgehead atoms. The van der Waals surface area contributed by atoms with Gasteiger partial charge in [0, 0.05) is 28.1 Å². The van der Waals surface area contributed by atoms with E-state index < -0.39 is 0 Å². The molecule has 6 aromatic carbocycles. The molecule has 2 aromatic heterocycles. The van der Waals surface area contributed by atoms with Gasteiger partial charge in [-0.25, -0.2) is 9.97 Å². The van der Waals surface area contributed by atoms with E-state index in [1.807, 2.05) is 42.6 Å². The van der Waals surface area contributed by atoms with Gasteiger partial charge in [-0.15, -0.1) is 0 Å². The van der Waals surface area contributed by atoms with Gasteiger partial charge >= 0.3 is 0 Å². The molecule has 8 aromatic rings. The van der Waals surface area contributed by atoms with Crippen molar-refractivity contribution in [3.05, 3.63) is 152 Å². The maximum absolute atomic E-state index is 5.17. The number of hydrogen-bond acceptors (Lipinski definition) is 3. The predicted molar refractivity (Wildman–Crippen MR) is 174 cm³/mol. The highest BCUT2D eigenvalue weighted by molar-refractivity contribution is 6.10. The number of para-hydroxylation sites is 2. The summed E-state index contributed by atoms with van der Waals surface area (Å²) in [6.07, 6.45) is 1.86. The minimum absolute atomic E-state index is 0.871. The van der Waals surface area contributed by atoms with Crippen molar-refractivity contribution in [2.45, 2.75) is 0 Å². The van der Waals surface area contributed by atoms with Crippen LogP contribution in [0.5, 0.6) is 0 Å². The Labute approximate surface area is 243 Å². The van der Waals surface area contributed by atoms with Crippen LogP contribution in [-0.2, 0) is 0 Å². The summed E-state index contributed by atoms with van der Waals surface area (Å²) in [5, 5.41) is 3.48. The van der Waals surface area contributed by atoms with Crippen LogP contribution in [0, 0.1) is 0 Å². The van der Waals surface area contributed by atoms with Gasteiger partial charge in [-0.1, -0.05) is 121 Å². The molecule has 0 aliphatic rings. The molecule has 8 rings (SSSR count). The van der Waals surface area contributed by atoms with Crippen LogP contribution in [0.4, 0.5) is 0 Å². The monoisotopic (exact) mass is 535 g/mol. The van der Waals surface area contributed by atoms with Crippen molar-refractivity contribution >= 4 is 32.7 Å². The first-order valence-corrected chi connectivity index (χ1v) is 14.1. The smallest absolute Gasteiger partial charge is 0.0973 e. The lowest BCUT2D eigenvalue weighted by Crippen LogP contribution is -1.96. The van der Waals surface area contributed by atoms with E-state index in [4.69, 9.17) is 15.0 Å². The zero-order chi connectivity index (χ0) is 27.9. The highest BCUT2D eigenvalue weighted by Gasteiger charge is 2.15. The molecule has 0 unspecified atom stereocenters. The van der Waals surface area contributed by atoms with Crippen LogP contribution in [0.1, 0.15) is 0 Å². The minimum Gasteiger partial charge on any atom is -0.256 e. The molecule has 0 radical (unpaired) electrons. The van der Waals surface area contributed by atoms with E-state index in [1.165, 1.54) is 22.1 Å². The number of hydrogen-bond donors (Lipinski definition) is 0. The summed E-state index contributed by atoms with van der Waals surface area (Å²) in [7, 11) is 0. The molecule has 0 amide bonds. The molecule has 0 aliphatic heterocycles. The number of aromatic nitrogens is 3. The first kappa shape index (κ1) is 24.2. The lowest BCUT2D eigenvalue weighted by molar-refractivity contribution is 1.29. The van der Waals surface area contributed by atoms with Crippen LogP contribution in [0.3, 0.4) is 0 Å². The van der Waals surface area contributed by atoms with Crippen LogP contribution in [0.15, 0.2) is 152 Å². The number of pyridine rings is 1. The summed E-state index contributed by atoms with van der Waals surface area (Å²) < 4.78 is 0. The van der Waals surface area contributed by atoms with E-state index in [9.17, 15) is 0 Å². The number of nitrogens with zero attached hydrogens (tertiary/aromatic N) is 3. The molecule has 0 saturated heterocycles. The van der Waals surface area contributed by atoms with Crippen molar-refractivity contribution in [2.75, 3.05) is 0 Å². The lowest BCUT2D eigenvalue weighted by atomic mass is 9.94. The average Bonchev–Trinajstić information content (AvgIpc) is 3.08. The fourth-order valence-electron chi connectivity index (χ4n) is 5.84. The third-order valence-corrected chi connectivity index (χ3v) is 7.91. The molecule has 0 spiro atoms. The summed E-state index contributed by atoms with van der Waals surface area (Å²) in [5.74, 6) is 0. The Morgan fingerprint density at radius 1 is 0.381 bits per heavy atom. The Hall–Kier alpha value is -5.67. The molecule has 0 fully saturated rings. The van der Waals surface area contributed by atoms with E-state index in [-0.39, 0.29) is 0 Å². The van der Waals surface area contributed by atoms with Gasteiger partial charge in [0.05, 0.1) is 27.9 Å². The Morgan fingerprint density at radius 2 is 1.02 bits per heavy atom.